The maximum atomic E-state index is 12.6. The van der Waals surface area contributed by atoms with Gasteiger partial charge in [-0.15, -0.1) is 0 Å². The summed E-state index contributed by atoms with van der Waals surface area (Å²) in [5.74, 6) is 2.96. The van der Waals surface area contributed by atoms with Gasteiger partial charge in [0.15, 0.2) is 0 Å². The fourth-order valence-corrected chi connectivity index (χ4v) is 5.09. The van der Waals surface area contributed by atoms with Crippen molar-refractivity contribution in [3.8, 4) is 0 Å². The molecule has 3 aliphatic rings. The molecule has 2 bridgehead atoms. The van der Waals surface area contributed by atoms with Crippen LogP contribution in [0.1, 0.15) is 52.9 Å². The first kappa shape index (κ1) is 16.3. The molecule has 2 N–H and O–H groups in total. The van der Waals surface area contributed by atoms with E-state index in [-0.39, 0.29) is 18.1 Å². The van der Waals surface area contributed by atoms with Gasteiger partial charge in [0.2, 0.25) is 5.91 Å². The predicted molar refractivity (Wildman–Crippen MR) is 87.4 cm³/mol. The van der Waals surface area contributed by atoms with E-state index < -0.39 is 0 Å². The van der Waals surface area contributed by atoms with E-state index in [9.17, 15) is 9.90 Å². The van der Waals surface area contributed by atoms with Gasteiger partial charge in [0.1, 0.15) is 0 Å². The van der Waals surface area contributed by atoms with Crippen LogP contribution in [0.3, 0.4) is 0 Å². The Hall–Kier alpha value is -0.610. The van der Waals surface area contributed by atoms with E-state index in [1.165, 1.54) is 25.7 Å². The first-order valence-electron chi connectivity index (χ1n) is 9.18. The highest BCUT2D eigenvalue weighted by Crippen LogP contribution is 2.49. The first-order valence-corrected chi connectivity index (χ1v) is 9.18. The quantitative estimate of drug-likeness (QED) is 0.817. The van der Waals surface area contributed by atoms with Crippen molar-refractivity contribution < 1.29 is 9.90 Å². The van der Waals surface area contributed by atoms with Gasteiger partial charge in [0, 0.05) is 12.6 Å². The minimum absolute atomic E-state index is 0.0789. The fraction of sp³-hybridized carbons (Fsp3) is 0.944. The van der Waals surface area contributed by atoms with Crippen molar-refractivity contribution in [2.24, 2.45) is 23.7 Å². The summed E-state index contributed by atoms with van der Waals surface area (Å²) in [6.45, 7) is 7.82. The molecule has 4 heteroatoms. The van der Waals surface area contributed by atoms with E-state index in [1.807, 2.05) is 13.8 Å². The highest BCUT2D eigenvalue weighted by molar-refractivity contribution is 5.81. The maximum absolute atomic E-state index is 12.6. The van der Waals surface area contributed by atoms with Crippen molar-refractivity contribution in [3.63, 3.8) is 0 Å². The summed E-state index contributed by atoms with van der Waals surface area (Å²) in [6.07, 6.45) is 6.21. The number of hydrogen-bond donors (Lipinski definition) is 2. The maximum Gasteiger partial charge on any atom is 0.237 e. The van der Waals surface area contributed by atoms with E-state index in [4.69, 9.17) is 0 Å². The average molecular weight is 308 g/mol. The van der Waals surface area contributed by atoms with Crippen LogP contribution in [0.2, 0.25) is 0 Å². The lowest BCUT2D eigenvalue weighted by Crippen LogP contribution is -2.49. The van der Waals surface area contributed by atoms with Gasteiger partial charge < -0.3 is 10.4 Å². The van der Waals surface area contributed by atoms with Crippen LogP contribution in [-0.4, -0.2) is 47.2 Å². The Morgan fingerprint density at radius 1 is 1.18 bits per heavy atom. The molecule has 7 atom stereocenters. The molecule has 3 fully saturated rings. The van der Waals surface area contributed by atoms with Crippen LogP contribution in [0.4, 0.5) is 0 Å². The molecule has 0 radical (unpaired) electrons. The highest BCUT2D eigenvalue weighted by atomic mass is 16.3. The molecule has 0 aromatic heterocycles. The molecule has 1 amide bonds. The van der Waals surface area contributed by atoms with Crippen molar-refractivity contribution >= 4 is 5.91 Å². The van der Waals surface area contributed by atoms with E-state index in [1.54, 1.807) is 0 Å². The first-order chi connectivity index (χ1) is 10.5. The van der Waals surface area contributed by atoms with Crippen LogP contribution in [0.25, 0.3) is 0 Å². The van der Waals surface area contributed by atoms with Gasteiger partial charge >= 0.3 is 0 Å². The lowest BCUT2D eigenvalue weighted by molar-refractivity contribution is -0.126. The van der Waals surface area contributed by atoms with Gasteiger partial charge in [0.25, 0.3) is 0 Å². The van der Waals surface area contributed by atoms with Crippen LogP contribution in [0.15, 0.2) is 0 Å². The van der Waals surface area contributed by atoms with Gasteiger partial charge in [-0.05, 0) is 76.7 Å². The smallest absolute Gasteiger partial charge is 0.237 e. The molecule has 22 heavy (non-hydrogen) atoms. The van der Waals surface area contributed by atoms with E-state index in [2.05, 4.69) is 17.1 Å². The van der Waals surface area contributed by atoms with Crippen molar-refractivity contribution in [2.75, 3.05) is 13.1 Å². The number of fused-ring (bicyclic) bond motifs is 2. The lowest BCUT2D eigenvalue weighted by atomic mass is 9.84. The monoisotopic (exact) mass is 308 g/mol. The number of aliphatic hydroxyl groups is 1. The lowest BCUT2D eigenvalue weighted by Gasteiger charge is -2.31. The van der Waals surface area contributed by atoms with E-state index >= 15 is 0 Å². The van der Waals surface area contributed by atoms with Gasteiger partial charge in [0.05, 0.1) is 12.1 Å². The second-order valence-electron chi connectivity index (χ2n) is 8.10. The fourth-order valence-electron chi connectivity index (χ4n) is 5.09. The summed E-state index contributed by atoms with van der Waals surface area (Å²) in [6, 6.07) is 0.227. The molecule has 0 aromatic rings. The highest BCUT2D eigenvalue weighted by Gasteiger charge is 2.42. The zero-order valence-electron chi connectivity index (χ0n) is 14.3. The molecule has 3 rings (SSSR count). The molecule has 0 spiro atoms. The third-order valence-corrected chi connectivity index (χ3v) is 6.67. The Balaban J connectivity index is 1.49. The minimum Gasteiger partial charge on any atom is -0.393 e. The van der Waals surface area contributed by atoms with Crippen LogP contribution >= 0.6 is 0 Å². The SMILES string of the molecule is CC(O)C1CCN(C(C)C(=O)NC(C)C2CC3CCC2C3)C1. The zero-order chi connectivity index (χ0) is 15.9. The van der Waals surface area contributed by atoms with E-state index in [0.717, 1.165) is 31.3 Å². The van der Waals surface area contributed by atoms with Gasteiger partial charge in [-0.2, -0.15) is 0 Å². The van der Waals surface area contributed by atoms with Crippen molar-refractivity contribution in [2.45, 2.75) is 71.1 Å². The molecule has 0 aromatic carbocycles. The Kier molecular flexibility index (Phi) is 4.79. The second kappa shape index (κ2) is 6.48. The van der Waals surface area contributed by atoms with Crippen LogP contribution in [0, 0.1) is 23.7 Å². The summed E-state index contributed by atoms with van der Waals surface area (Å²) in [5.41, 5.74) is 0. The van der Waals surface area contributed by atoms with E-state index in [0.29, 0.717) is 17.9 Å². The second-order valence-corrected chi connectivity index (χ2v) is 8.10. The summed E-state index contributed by atoms with van der Waals surface area (Å²) in [4.78, 5) is 14.8. The third kappa shape index (κ3) is 3.18. The standard InChI is InChI=1S/C18H32N2O2/c1-11(17-9-14-4-5-15(17)8-14)19-18(22)12(2)20-7-6-16(10-20)13(3)21/h11-17,21H,4-10H2,1-3H3,(H,19,22). The molecule has 4 nitrogen and oxygen atoms in total. The van der Waals surface area contributed by atoms with Crippen molar-refractivity contribution in [3.05, 3.63) is 0 Å². The summed E-state index contributed by atoms with van der Waals surface area (Å²) in [5, 5.41) is 13.0. The number of nitrogens with one attached hydrogen (secondary N) is 1. The molecule has 1 saturated heterocycles. The molecular weight excluding hydrogens is 276 g/mol. The van der Waals surface area contributed by atoms with Gasteiger partial charge in [-0.1, -0.05) is 6.42 Å². The Morgan fingerprint density at radius 2 is 1.95 bits per heavy atom. The number of hydrogen-bond acceptors (Lipinski definition) is 3. The van der Waals surface area contributed by atoms with Crippen molar-refractivity contribution in [1.29, 1.82) is 0 Å². The number of carbonyl (C=O) groups is 1. The normalized spacial score (nSPS) is 38.9. The minimum atomic E-state index is -0.270. The summed E-state index contributed by atoms with van der Waals surface area (Å²) >= 11 is 0. The molecule has 1 aliphatic heterocycles. The third-order valence-electron chi connectivity index (χ3n) is 6.67. The number of likely N-dealkylation sites (tertiary alicyclic amines) is 1. The summed E-state index contributed by atoms with van der Waals surface area (Å²) < 4.78 is 0. The molecule has 7 unspecified atom stereocenters. The molecular formula is C18H32N2O2. The Morgan fingerprint density at radius 3 is 2.50 bits per heavy atom. The number of nitrogens with zero attached hydrogens (tertiary/aromatic N) is 1. The zero-order valence-corrected chi connectivity index (χ0v) is 14.3. The molecule has 1 heterocycles. The molecule has 126 valence electrons. The molecule has 2 saturated carbocycles. The topological polar surface area (TPSA) is 52.6 Å². The number of aliphatic hydroxyl groups excluding tert-OH is 1. The summed E-state index contributed by atoms with van der Waals surface area (Å²) in [7, 11) is 0. The largest absolute Gasteiger partial charge is 0.393 e. The Labute approximate surface area is 134 Å². The van der Waals surface area contributed by atoms with Crippen LogP contribution in [-0.2, 0) is 4.79 Å². The number of carbonyl (C=O) groups excluding carboxylic acids is 1. The van der Waals surface area contributed by atoms with Crippen LogP contribution < -0.4 is 5.32 Å². The van der Waals surface area contributed by atoms with Crippen molar-refractivity contribution in [1.82, 2.24) is 10.2 Å². The average Bonchev–Trinajstić information content (AvgIpc) is 3.21. The predicted octanol–water partition coefficient (Wildman–Crippen LogP) is 2.02. The molecule has 2 aliphatic carbocycles. The number of amides is 1. The van der Waals surface area contributed by atoms with Crippen LogP contribution in [0.5, 0.6) is 0 Å². The van der Waals surface area contributed by atoms with Gasteiger partial charge in [-0.3, -0.25) is 9.69 Å². The van der Waals surface area contributed by atoms with Gasteiger partial charge in [-0.25, -0.2) is 0 Å². The Bertz CT molecular complexity index is 412. The number of rotatable bonds is 5.